The minimum Gasteiger partial charge on any atom is -0.331 e. The van der Waals surface area contributed by atoms with Crippen LogP contribution in [0, 0.1) is 11.7 Å². The number of carbonyl (C=O) groups is 1. The Hall–Kier alpha value is -2.21. The molecule has 1 fully saturated rings. The fourth-order valence-electron chi connectivity index (χ4n) is 4.91. The van der Waals surface area contributed by atoms with Crippen molar-refractivity contribution >= 4 is 5.91 Å². The van der Waals surface area contributed by atoms with E-state index in [1.54, 1.807) is 12.1 Å². The van der Waals surface area contributed by atoms with Gasteiger partial charge in [0.25, 0.3) is 0 Å². The van der Waals surface area contributed by atoms with Gasteiger partial charge in [0.2, 0.25) is 5.91 Å². The van der Waals surface area contributed by atoms with Crippen molar-refractivity contribution in [2.75, 3.05) is 6.54 Å². The van der Waals surface area contributed by atoms with Gasteiger partial charge in [-0.1, -0.05) is 32.1 Å². The summed E-state index contributed by atoms with van der Waals surface area (Å²) in [6, 6.07) is 5.91. The number of hydrogen-bond acceptors (Lipinski definition) is 3. The molecule has 29 heavy (non-hydrogen) atoms. The van der Waals surface area contributed by atoms with Crippen LogP contribution in [0.3, 0.4) is 0 Å². The van der Waals surface area contributed by atoms with Crippen molar-refractivity contribution in [2.45, 2.75) is 70.5 Å². The first kappa shape index (κ1) is 20.1. The van der Waals surface area contributed by atoms with Gasteiger partial charge in [0.15, 0.2) is 0 Å². The van der Waals surface area contributed by atoms with E-state index in [9.17, 15) is 9.18 Å². The normalized spacial score (nSPS) is 20.3. The zero-order chi connectivity index (χ0) is 20.6. The first-order valence-corrected chi connectivity index (χ1v) is 10.8. The van der Waals surface area contributed by atoms with Gasteiger partial charge < -0.3 is 15.2 Å². The van der Waals surface area contributed by atoms with Crippen LogP contribution in [0.2, 0.25) is 0 Å². The van der Waals surface area contributed by atoms with Gasteiger partial charge in [-0.3, -0.25) is 4.79 Å². The second-order valence-electron chi connectivity index (χ2n) is 9.05. The predicted octanol–water partition coefficient (Wildman–Crippen LogP) is 4.06. The largest absolute Gasteiger partial charge is 0.331 e. The molecule has 0 saturated heterocycles. The summed E-state index contributed by atoms with van der Waals surface area (Å²) >= 11 is 0. The number of nitrogens with zero attached hydrogens (tertiary/aromatic N) is 3. The van der Waals surface area contributed by atoms with E-state index in [1.165, 1.54) is 44.2 Å². The maximum absolute atomic E-state index is 13.3. The summed E-state index contributed by atoms with van der Waals surface area (Å²) in [5.41, 5.74) is 7.50. The van der Waals surface area contributed by atoms with E-state index in [4.69, 9.17) is 10.7 Å². The molecule has 1 aliphatic heterocycles. The van der Waals surface area contributed by atoms with Crippen molar-refractivity contribution in [3.05, 3.63) is 42.1 Å². The summed E-state index contributed by atoms with van der Waals surface area (Å²) in [4.78, 5) is 20.0. The molecule has 1 atom stereocenters. The van der Waals surface area contributed by atoms with Crippen LogP contribution in [0.25, 0.3) is 11.3 Å². The molecule has 2 heterocycles. The highest BCUT2D eigenvalue weighted by Crippen LogP contribution is 2.34. The Morgan fingerprint density at radius 1 is 1.21 bits per heavy atom. The molecule has 2 aliphatic rings. The third kappa shape index (κ3) is 3.95. The maximum atomic E-state index is 13.3. The second kappa shape index (κ2) is 7.90. The topological polar surface area (TPSA) is 64.2 Å². The van der Waals surface area contributed by atoms with Gasteiger partial charge >= 0.3 is 0 Å². The highest BCUT2D eigenvalue weighted by atomic mass is 19.1. The van der Waals surface area contributed by atoms with E-state index in [-0.39, 0.29) is 11.7 Å². The summed E-state index contributed by atoms with van der Waals surface area (Å²) in [7, 11) is 0. The molecule has 6 heteroatoms. The lowest BCUT2D eigenvalue weighted by Crippen LogP contribution is -2.56. The number of fused-ring (bicyclic) bond motifs is 1. The predicted molar refractivity (Wildman–Crippen MR) is 112 cm³/mol. The van der Waals surface area contributed by atoms with Crippen molar-refractivity contribution in [1.82, 2.24) is 14.5 Å². The van der Waals surface area contributed by atoms with Crippen LogP contribution in [0.5, 0.6) is 0 Å². The number of nitrogens with two attached hydrogens (primary N) is 1. The monoisotopic (exact) mass is 398 g/mol. The van der Waals surface area contributed by atoms with Gasteiger partial charge in [-0.15, -0.1) is 0 Å². The fraction of sp³-hybridized carbons (Fsp3) is 0.565. The molecule has 0 radical (unpaired) electrons. The fourth-order valence-corrected chi connectivity index (χ4v) is 4.91. The third-order valence-electron chi connectivity index (χ3n) is 6.60. The zero-order valence-corrected chi connectivity index (χ0v) is 17.4. The highest BCUT2D eigenvalue weighted by molar-refractivity contribution is 5.82. The van der Waals surface area contributed by atoms with Crippen molar-refractivity contribution in [3.63, 3.8) is 0 Å². The minimum absolute atomic E-state index is 0.0261. The Morgan fingerprint density at radius 2 is 1.90 bits per heavy atom. The van der Waals surface area contributed by atoms with Crippen molar-refractivity contribution in [2.24, 2.45) is 11.7 Å². The van der Waals surface area contributed by atoms with Crippen LogP contribution in [-0.2, 0) is 16.9 Å². The number of aromatic nitrogens is 2. The van der Waals surface area contributed by atoms with Gasteiger partial charge in [-0.2, -0.15) is 0 Å². The lowest BCUT2D eigenvalue weighted by molar-refractivity contribution is -0.140. The molecule has 0 spiro atoms. The van der Waals surface area contributed by atoms with Crippen LogP contribution in [0.1, 0.15) is 58.2 Å². The molecule has 2 aromatic rings. The Kier molecular flexibility index (Phi) is 5.47. The van der Waals surface area contributed by atoms with E-state index < -0.39 is 11.6 Å². The van der Waals surface area contributed by atoms with Gasteiger partial charge in [-0.25, -0.2) is 9.37 Å². The quantitative estimate of drug-likeness (QED) is 0.845. The minimum atomic E-state index is -0.544. The average molecular weight is 399 g/mol. The van der Waals surface area contributed by atoms with Crippen LogP contribution in [0.15, 0.2) is 30.5 Å². The number of imidazole rings is 1. The SMILES string of the molecule is CC1(C)c2nc(-c3ccc(F)cc3)cn2CCN1C(=O)C(N)CC1CCCCC1. The molecule has 4 rings (SSSR count). The van der Waals surface area contributed by atoms with Crippen LogP contribution in [0.4, 0.5) is 4.39 Å². The van der Waals surface area contributed by atoms with Crippen LogP contribution < -0.4 is 5.73 Å². The first-order chi connectivity index (χ1) is 13.9. The maximum Gasteiger partial charge on any atom is 0.240 e. The van der Waals surface area contributed by atoms with Crippen molar-refractivity contribution < 1.29 is 9.18 Å². The molecule has 5 nitrogen and oxygen atoms in total. The Morgan fingerprint density at radius 3 is 2.59 bits per heavy atom. The Balaban J connectivity index is 1.53. The van der Waals surface area contributed by atoms with Gasteiger partial charge in [-0.05, 0) is 50.5 Å². The standard InChI is InChI=1S/C23H31FN4O/c1-23(2)22-26-20(17-8-10-18(24)11-9-17)15-27(22)12-13-28(23)21(29)19(25)14-16-6-4-3-5-7-16/h8-11,15-16,19H,3-7,12-14,25H2,1-2H3. The molecule has 0 bridgehead atoms. The lowest BCUT2D eigenvalue weighted by atomic mass is 9.84. The van der Waals surface area contributed by atoms with Gasteiger partial charge in [0, 0.05) is 24.8 Å². The molecule has 1 amide bonds. The van der Waals surface area contributed by atoms with Crippen LogP contribution >= 0.6 is 0 Å². The summed E-state index contributed by atoms with van der Waals surface area (Å²) < 4.78 is 15.4. The van der Waals surface area contributed by atoms with E-state index >= 15 is 0 Å². The van der Waals surface area contributed by atoms with Gasteiger partial charge in [0.05, 0.1) is 17.3 Å². The lowest BCUT2D eigenvalue weighted by Gasteiger charge is -2.43. The highest BCUT2D eigenvalue weighted by Gasteiger charge is 2.41. The third-order valence-corrected chi connectivity index (χ3v) is 6.60. The number of carbonyl (C=O) groups excluding carboxylic acids is 1. The van der Waals surface area contributed by atoms with E-state index in [0.717, 1.165) is 23.5 Å². The molecule has 2 N–H and O–H groups in total. The summed E-state index contributed by atoms with van der Waals surface area (Å²) in [6.45, 7) is 5.38. The number of benzene rings is 1. The molecule has 1 aromatic carbocycles. The molecular formula is C23H31FN4O. The molecular weight excluding hydrogens is 367 g/mol. The van der Waals surface area contributed by atoms with E-state index in [0.29, 0.717) is 19.0 Å². The van der Waals surface area contributed by atoms with Crippen LogP contribution in [-0.4, -0.2) is 32.9 Å². The average Bonchev–Trinajstić information content (AvgIpc) is 3.15. The molecule has 1 aromatic heterocycles. The number of rotatable bonds is 4. The molecule has 1 saturated carbocycles. The zero-order valence-electron chi connectivity index (χ0n) is 17.4. The van der Waals surface area contributed by atoms with Crippen molar-refractivity contribution in [1.29, 1.82) is 0 Å². The first-order valence-electron chi connectivity index (χ1n) is 10.8. The summed E-state index contributed by atoms with van der Waals surface area (Å²) in [5.74, 6) is 1.18. The Labute approximate surface area is 172 Å². The van der Waals surface area contributed by atoms with Crippen molar-refractivity contribution in [3.8, 4) is 11.3 Å². The number of halogens is 1. The number of amides is 1. The smallest absolute Gasteiger partial charge is 0.240 e. The van der Waals surface area contributed by atoms with E-state index in [2.05, 4.69) is 4.57 Å². The summed E-state index contributed by atoms with van der Waals surface area (Å²) in [5, 5.41) is 0. The molecule has 1 aliphatic carbocycles. The number of hydrogen-bond donors (Lipinski definition) is 1. The molecule has 1 unspecified atom stereocenters. The van der Waals surface area contributed by atoms with E-state index in [1.807, 2.05) is 24.9 Å². The Bertz CT molecular complexity index is 868. The van der Waals surface area contributed by atoms with Gasteiger partial charge in [0.1, 0.15) is 11.6 Å². The second-order valence-corrected chi connectivity index (χ2v) is 9.05. The summed E-state index contributed by atoms with van der Waals surface area (Å²) in [6.07, 6.45) is 8.97. The molecule has 156 valence electrons.